The summed E-state index contributed by atoms with van der Waals surface area (Å²) in [6.45, 7) is -0.250. The van der Waals surface area contributed by atoms with Crippen LogP contribution >= 0.6 is 0 Å². The van der Waals surface area contributed by atoms with Gasteiger partial charge >= 0.3 is 0 Å². The van der Waals surface area contributed by atoms with Crippen LogP contribution in [0, 0.1) is 0 Å². The Kier molecular flexibility index (Phi) is 5.84. The van der Waals surface area contributed by atoms with Crippen LogP contribution in [-0.4, -0.2) is 28.2 Å². The van der Waals surface area contributed by atoms with E-state index < -0.39 is 18.4 Å². The lowest BCUT2D eigenvalue weighted by Gasteiger charge is -1.95. The fraction of sp³-hybridized carbons (Fsp3) is 0.286. The van der Waals surface area contributed by atoms with Crippen molar-refractivity contribution in [1.82, 2.24) is 10.2 Å². The third kappa shape index (κ3) is 5.81. The highest BCUT2D eigenvalue weighted by molar-refractivity contribution is 5.32. The molecule has 5 nitrogen and oxygen atoms in total. The third-order valence-corrected chi connectivity index (χ3v) is 1.11. The fourth-order valence-electron chi connectivity index (χ4n) is 0.707. The van der Waals surface area contributed by atoms with Gasteiger partial charge in [0, 0.05) is 12.5 Å². The molecule has 0 fully saturated rings. The van der Waals surface area contributed by atoms with Crippen LogP contribution in [0.25, 0.3) is 0 Å². The molecule has 1 heterocycles. The molecule has 0 aromatic carbocycles. The first-order chi connectivity index (χ1) is 6.60. The molecule has 1 aromatic rings. The van der Waals surface area contributed by atoms with Crippen molar-refractivity contribution in [2.75, 3.05) is 0 Å². The summed E-state index contributed by atoms with van der Waals surface area (Å²) in [4.78, 5) is 18.9. The van der Waals surface area contributed by atoms with Crippen molar-refractivity contribution >= 4 is 6.47 Å². The Morgan fingerprint density at radius 2 is 2.21 bits per heavy atom. The maximum Gasteiger partial charge on any atom is 0.290 e. The topological polar surface area (TPSA) is 83.0 Å². The van der Waals surface area contributed by atoms with Crippen LogP contribution < -0.4 is 5.56 Å². The largest absolute Gasteiger partial charge is 0.483 e. The molecule has 0 radical (unpaired) electrons. The van der Waals surface area contributed by atoms with Gasteiger partial charge in [-0.25, -0.2) is 13.9 Å². The lowest BCUT2D eigenvalue weighted by molar-refractivity contribution is -0.122. The van der Waals surface area contributed by atoms with Crippen LogP contribution in [0.3, 0.4) is 0 Å². The lowest BCUT2D eigenvalue weighted by Crippen LogP contribution is -2.09. The number of aromatic nitrogens is 2. The minimum Gasteiger partial charge on any atom is -0.483 e. The SMILES string of the molecule is O=CO.O=c1cc(CC(F)F)cn[nH]1. The minimum atomic E-state index is -2.43. The van der Waals surface area contributed by atoms with Gasteiger partial charge in [-0.05, 0) is 5.56 Å². The molecule has 78 valence electrons. The lowest BCUT2D eigenvalue weighted by atomic mass is 10.2. The van der Waals surface area contributed by atoms with E-state index in [1.165, 1.54) is 6.20 Å². The monoisotopic (exact) mass is 206 g/mol. The van der Waals surface area contributed by atoms with Gasteiger partial charge in [0.2, 0.25) is 6.43 Å². The van der Waals surface area contributed by atoms with Gasteiger partial charge in [0.15, 0.2) is 0 Å². The summed E-state index contributed by atoms with van der Waals surface area (Å²) in [5, 5.41) is 12.3. The second-order valence-corrected chi connectivity index (χ2v) is 2.15. The van der Waals surface area contributed by atoms with Gasteiger partial charge in [-0.1, -0.05) is 0 Å². The molecule has 0 atom stereocenters. The molecule has 0 saturated heterocycles. The second-order valence-electron chi connectivity index (χ2n) is 2.15. The van der Waals surface area contributed by atoms with Gasteiger partial charge < -0.3 is 5.11 Å². The van der Waals surface area contributed by atoms with Crippen molar-refractivity contribution in [3.63, 3.8) is 0 Å². The summed E-state index contributed by atoms with van der Waals surface area (Å²) < 4.78 is 23.4. The highest BCUT2D eigenvalue weighted by Crippen LogP contribution is 2.02. The summed E-state index contributed by atoms with van der Waals surface area (Å²) in [6.07, 6.45) is -1.64. The van der Waals surface area contributed by atoms with Crippen molar-refractivity contribution in [2.24, 2.45) is 0 Å². The third-order valence-electron chi connectivity index (χ3n) is 1.11. The molecule has 14 heavy (non-hydrogen) atoms. The van der Waals surface area contributed by atoms with Crippen LogP contribution in [-0.2, 0) is 11.2 Å². The molecule has 0 bridgehead atoms. The molecule has 0 amide bonds. The van der Waals surface area contributed by atoms with E-state index in [0.717, 1.165) is 6.07 Å². The van der Waals surface area contributed by atoms with E-state index in [1.807, 2.05) is 0 Å². The molecule has 1 rings (SSSR count). The van der Waals surface area contributed by atoms with E-state index in [1.54, 1.807) is 0 Å². The van der Waals surface area contributed by atoms with Gasteiger partial charge in [-0.3, -0.25) is 9.59 Å². The number of carbonyl (C=O) groups is 1. The number of halogens is 2. The average Bonchev–Trinajstić information content (AvgIpc) is 2.03. The van der Waals surface area contributed by atoms with Crippen molar-refractivity contribution in [2.45, 2.75) is 12.8 Å². The molecule has 1 aromatic heterocycles. The predicted octanol–water partition coefficient (Wildman–Crippen LogP) is 0.278. The van der Waals surface area contributed by atoms with Crippen molar-refractivity contribution < 1.29 is 18.7 Å². The normalized spacial score (nSPS) is 9.07. The number of hydrogen-bond donors (Lipinski definition) is 2. The van der Waals surface area contributed by atoms with Crippen LogP contribution in [0.2, 0.25) is 0 Å². The zero-order valence-corrected chi connectivity index (χ0v) is 6.98. The number of rotatable bonds is 2. The van der Waals surface area contributed by atoms with Crippen LogP contribution in [0.5, 0.6) is 0 Å². The van der Waals surface area contributed by atoms with Crippen LogP contribution in [0.1, 0.15) is 5.56 Å². The Balaban J connectivity index is 0.000000500. The summed E-state index contributed by atoms with van der Waals surface area (Å²) in [7, 11) is 0. The van der Waals surface area contributed by atoms with Gasteiger partial charge in [-0.15, -0.1) is 0 Å². The van der Waals surface area contributed by atoms with Crippen LogP contribution in [0.4, 0.5) is 8.78 Å². The Hall–Kier alpha value is -1.79. The molecular weight excluding hydrogens is 198 g/mol. The zero-order chi connectivity index (χ0) is 11.0. The van der Waals surface area contributed by atoms with Crippen molar-refractivity contribution in [1.29, 1.82) is 0 Å². The van der Waals surface area contributed by atoms with Crippen molar-refractivity contribution in [3.8, 4) is 0 Å². The number of aromatic amines is 1. The summed E-state index contributed by atoms with van der Waals surface area (Å²) in [6, 6.07) is 1.11. The number of nitrogens with zero attached hydrogens (tertiary/aromatic N) is 1. The van der Waals surface area contributed by atoms with Gasteiger partial charge in [0.25, 0.3) is 12.0 Å². The Bertz CT molecular complexity index is 327. The first-order valence-corrected chi connectivity index (χ1v) is 3.49. The number of alkyl halides is 2. The van der Waals surface area contributed by atoms with Crippen molar-refractivity contribution in [3.05, 3.63) is 28.2 Å². The Morgan fingerprint density at radius 1 is 1.64 bits per heavy atom. The van der Waals surface area contributed by atoms with E-state index in [4.69, 9.17) is 9.90 Å². The minimum absolute atomic E-state index is 0.250. The van der Waals surface area contributed by atoms with E-state index in [9.17, 15) is 13.6 Å². The number of hydrogen-bond acceptors (Lipinski definition) is 3. The molecule has 0 aliphatic heterocycles. The van der Waals surface area contributed by atoms with E-state index >= 15 is 0 Å². The predicted molar refractivity (Wildman–Crippen MR) is 43.3 cm³/mol. The van der Waals surface area contributed by atoms with E-state index in [0.29, 0.717) is 0 Å². The molecule has 0 aliphatic carbocycles. The Morgan fingerprint density at radius 3 is 2.64 bits per heavy atom. The Labute approximate surface area is 77.4 Å². The maximum absolute atomic E-state index is 11.7. The first-order valence-electron chi connectivity index (χ1n) is 3.49. The molecule has 0 unspecified atom stereocenters. The first kappa shape index (κ1) is 12.2. The number of nitrogens with one attached hydrogen (secondary N) is 1. The van der Waals surface area contributed by atoms with Crippen LogP contribution in [0.15, 0.2) is 17.1 Å². The maximum atomic E-state index is 11.7. The molecule has 7 heteroatoms. The second kappa shape index (κ2) is 6.70. The highest BCUT2D eigenvalue weighted by Gasteiger charge is 2.04. The molecule has 2 N–H and O–H groups in total. The standard InChI is InChI=1S/C6H6F2N2O.CH2O2/c7-5(8)1-4-2-6(11)10-9-3-4;2-1-3/h2-3,5H,1H2,(H,10,11);1H,(H,2,3). The summed E-state index contributed by atoms with van der Waals surface area (Å²) in [5.74, 6) is 0. The quantitative estimate of drug-likeness (QED) is 0.680. The molecule has 0 aliphatic rings. The van der Waals surface area contributed by atoms with Gasteiger partial charge in [-0.2, -0.15) is 5.10 Å². The molecule has 0 spiro atoms. The van der Waals surface area contributed by atoms with Gasteiger partial charge in [0.05, 0.1) is 6.20 Å². The number of H-pyrrole nitrogens is 1. The average molecular weight is 206 g/mol. The molecular formula is C7H8F2N2O3. The van der Waals surface area contributed by atoms with Gasteiger partial charge in [0.1, 0.15) is 0 Å². The number of carboxylic acid groups (broad SMARTS) is 1. The highest BCUT2D eigenvalue weighted by atomic mass is 19.3. The summed E-state index contributed by atoms with van der Waals surface area (Å²) in [5.41, 5.74) is -0.202. The smallest absolute Gasteiger partial charge is 0.290 e. The van der Waals surface area contributed by atoms with E-state index in [-0.39, 0.29) is 12.0 Å². The molecule has 0 saturated carbocycles. The summed E-state index contributed by atoms with van der Waals surface area (Å²) >= 11 is 0. The zero-order valence-electron chi connectivity index (χ0n) is 6.98. The van der Waals surface area contributed by atoms with E-state index in [2.05, 4.69) is 10.2 Å². The fourth-order valence-corrected chi connectivity index (χ4v) is 0.707.